The Bertz CT molecular complexity index is 154. The molecule has 0 spiro atoms. The molecule has 3 nitrogen and oxygen atoms in total. The van der Waals surface area contributed by atoms with Gasteiger partial charge in [-0.15, -0.1) is 0 Å². The summed E-state index contributed by atoms with van der Waals surface area (Å²) in [6.07, 6.45) is 1.78. The van der Waals surface area contributed by atoms with Crippen molar-refractivity contribution in [3.05, 3.63) is 12.2 Å². The molecule has 11 heavy (non-hydrogen) atoms. The maximum absolute atomic E-state index is 10.4. The van der Waals surface area contributed by atoms with E-state index < -0.39 is 5.97 Å². The van der Waals surface area contributed by atoms with Crippen molar-refractivity contribution in [1.29, 1.82) is 0 Å². The molecule has 1 unspecified atom stereocenters. The second-order valence-electron chi connectivity index (χ2n) is 2.46. The molecule has 0 fully saturated rings. The molecule has 0 saturated carbocycles. The summed E-state index contributed by atoms with van der Waals surface area (Å²) >= 11 is 0. The molecule has 0 aromatic heterocycles. The summed E-state index contributed by atoms with van der Waals surface area (Å²) in [5, 5.41) is 11.5. The molecule has 0 aromatic rings. The predicted molar refractivity (Wildman–Crippen MR) is 44.5 cm³/mol. The minimum absolute atomic E-state index is 0.0856. The number of likely N-dealkylation sites (N-methyl/N-ethyl adjacent to an activating group) is 1. The van der Waals surface area contributed by atoms with Gasteiger partial charge in [0, 0.05) is 11.6 Å². The Morgan fingerprint density at radius 1 is 1.73 bits per heavy atom. The van der Waals surface area contributed by atoms with Crippen molar-refractivity contribution in [1.82, 2.24) is 5.32 Å². The highest BCUT2D eigenvalue weighted by molar-refractivity contribution is 5.87. The molecule has 0 saturated heterocycles. The van der Waals surface area contributed by atoms with Gasteiger partial charge in [-0.2, -0.15) is 0 Å². The highest BCUT2D eigenvalue weighted by atomic mass is 16.4. The summed E-state index contributed by atoms with van der Waals surface area (Å²) in [6.45, 7) is 5.50. The molecule has 0 aliphatic rings. The van der Waals surface area contributed by atoms with Gasteiger partial charge < -0.3 is 10.4 Å². The van der Waals surface area contributed by atoms with Crippen molar-refractivity contribution in [2.75, 3.05) is 7.05 Å². The molecule has 0 heterocycles. The molecule has 3 heteroatoms. The molecular weight excluding hydrogens is 142 g/mol. The number of carboxylic acid groups (broad SMARTS) is 1. The minimum Gasteiger partial charge on any atom is -0.478 e. The lowest BCUT2D eigenvalue weighted by molar-refractivity contribution is -0.133. The van der Waals surface area contributed by atoms with Crippen LogP contribution in [0.4, 0.5) is 0 Å². The monoisotopic (exact) mass is 157 g/mol. The Kier molecular flexibility index (Phi) is 4.54. The summed E-state index contributed by atoms with van der Waals surface area (Å²) in [7, 11) is 1.74. The fourth-order valence-corrected chi connectivity index (χ4v) is 0.931. The van der Waals surface area contributed by atoms with Crippen LogP contribution < -0.4 is 5.32 Å². The second-order valence-corrected chi connectivity index (χ2v) is 2.46. The van der Waals surface area contributed by atoms with Crippen molar-refractivity contribution < 1.29 is 9.90 Å². The number of hydrogen-bond acceptors (Lipinski definition) is 2. The van der Waals surface area contributed by atoms with E-state index in [1.807, 2.05) is 6.92 Å². The molecular formula is C8H15NO2. The van der Waals surface area contributed by atoms with E-state index >= 15 is 0 Å². The van der Waals surface area contributed by atoms with E-state index in [0.717, 1.165) is 12.8 Å². The van der Waals surface area contributed by atoms with Crippen LogP contribution in [0.2, 0.25) is 0 Å². The molecule has 0 aliphatic heterocycles. The van der Waals surface area contributed by atoms with Crippen LogP contribution in [0.3, 0.4) is 0 Å². The highest BCUT2D eigenvalue weighted by Gasteiger charge is 2.14. The third-order valence-electron chi connectivity index (χ3n) is 1.62. The van der Waals surface area contributed by atoms with E-state index in [0.29, 0.717) is 0 Å². The number of rotatable bonds is 5. The number of nitrogens with one attached hydrogen (secondary N) is 1. The van der Waals surface area contributed by atoms with Crippen LogP contribution in [0.25, 0.3) is 0 Å². The lowest BCUT2D eigenvalue weighted by atomic mass is 10.0. The van der Waals surface area contributed by atoms with Gasteiger partial charge in [0.25, 0.3) is 0 Å². The van der Waals surface area contributed by atoms with Gasteiger partial charge in [0.05, 0.1) is 0 Å². The van der Waals surface area contributed by atoms with Gasteiger partial charge in [-0.3, -0.25) is 0 Å². The van der Waals surface area contributed by atoms with Crippen LogP contribution >= 0.6 is 0 Å². The van der Waals surface area contributed by atoms with Crippen LogP contribution in [0.15, 0.2) is 12.2 Å². The first-order valence-corrected chi connectivity index (χ1v) is 3.72. The first-order chi connectivity index (χ1) is 5.13. The zero-order valence-electron chi connectivity index (χ0n) is 7.05. The Balaban J connectivity index is 4.02. The quantitative estimate of drug-likeness (QED) is 0.586. The summed E-state index contributed by atoms with van der Waals surface area (Å²) in [5.74, 6) is -0.919. The summed E-state index contributed by atoms with van der Waals surface area (Å²) in [6, 6.07) is -0.0856. The number of carboxylic acids is 1. The molecule has 1 atom stereocenters. The van der Waals surface area contributed by atoms with Crippen molar-refractivity contribution in [2.24, 2.45) is 0 Å². The topological polar surface area (TPSA) is 49.3 Å². The van der Waals surface area contributed by atoms with Crippen LogP contribution in [0.5, 0.6) is 0 Å². The average molecular weight is 157 g/mol. The van der Waals surface area contributed by atoms with Crippen LogP contribution in [-0.2, 0) is 4.79 Å². The summed E-state index contributed by atoms with van der Waals surface area (Å²) in [4.78, 5) is 10.4. The fourth-order valence-electron chi connectivity index (χ4n) is 0.931. The zero-order chi connectivity index (χ0) is 8.85. The number of carbonyl (C=O) groups is 1. The Morgan fingerprint density at radius 2 is 2.27 bits per heavy atom. The lowest BCUT2D eigenvalue weighted by Crippen LogP contribution is -2.30. The smallest absolute Gasteiger partial charge is 0.332 e. The maximum atomic E-state index is 10.4. The lowest BCUT2D eigenvalue weighted by Gasteiger charge is -2.14. The highest BCUT2D eigenvalue weighted by Crippen LogP contribution is 2.05. The molecule has 64 valence electrons. The van der Waals surface area contributed by atoms with Crippen LogP contribution in [0.1, 0.15) is 19.8 Å². The number of aliphatic carboxylic acids is 1. The predicted octanol–water partition coefficient (Wildman–Crippen LogP) is 1.02. The Hall–Kier alpha value is -0.830. The Morgan fingerprint density at radius 3 is 2.55 bits per heavy atom. The van der Waals surface area contributed by atoms with Gasteiger partial charge in [-0.05, 0) is 13.5 Å². The molecule has 0 aromatic carbocycles. The summed E-state index contributed by atoms with van der Waals surface area (Å²) < 4.78 is 0. The third-order valence-corrected chi connectivity index (χ3v) is 1.62. The molecule has 2 N–H and O–H groups in total. The van der Waals surface area contributed by atoms with E-state index in [2.05, 4.69) is 11.9 Å². The van der Waals surface area contributed by atoms with Gasteiger partial charge in [-0.25, -0.2) is 4.79 Å². The molecule has 0 bridgehead atoms. The largest absolute Gasteiger partial charge is 0.478 e. The van der Waals surface area contributed by atoms with E-state index in [4.69, 9.17) is 5.11 Å². The Labute approximate surface area is 67.1 Å². The molecule has 0 rings (SSSR count). The average Bonchev–Trinajstić information content (AvgIpc) is 1.98. The van der Waals surface area contributed by atoms with E-state index in [1.165, 1.54) is 0 Å². The van der Waals surface area contributed by atoms with Gasteiger partial charge in [-0.1, -0.05) is 19.9 Å². The van der Waals surface area contributed by atoms with Gasteiger partial charge in [0.15, 0.2) is 0 Å². The third kappa shape index (κ3) is 3.18. The van der Waals surface area contributed by atoms with Gasteiger partial charge in [0.2, 0.25) is 0 Å². The van der Waals surface area contributed by atoms with E-state index in [-0.39, 0.29) is 11.6 Å². The van der Waals surface area contributed by atoms with Crippen molar-refractivity contribution in [3.63, 3.8) is 0 Å². The minimum atomic E-state index is -0.919. The van der Waals surface area contributed by atoms with E-state index in [9.17, 15) is 4.79 Å². The normalized spacial score (nSPS) is 12.5. The second kappa shape index (κ2) is 4.91. The first kappa shape index (κ1) is 10.2. The standard InChI is InChI=1S/C8H15NO2/c1-4-5-7(9-3)6(2)8(10)11/h7,9H,2,4-5H2,1,3H3,(H,10,11). The maximum Gasteiger partial charge on any atom is 0.332 e. The molecule has 0 radical (unpaired) electrons. The first-order valence-electron chi connectivity index (χ1n) is 3.72. The van der Waals surface area contributed by atoms with E-state index in [1.54, 1.807) is 7.05 Å². The van der Waals surface area contributed by atoms with Gasteiger partial charge >= 0.3 is 5.97 Å². The van der Waals surface area contributed by atoms with Crippen molar-refractivity contribution >= 4 is 5.97 Å². The number of hydrogen-bond donors (Lipinski definition) is 2. The van der Waals surface area contributed by atoms with Crippen molar-refractivity contribution in [3.8, 4) is 0 Å². The van der Waals surface area contributed by atoms with Gasteiger partial charge in [0.1, 0.15) is 0 Å². The van der Waals surface area contributed by atoms with Crippen molar-refractivity contribution in [2.45, 2.75) is 25.8 Å². The van der Waals surface area contributed by atoms with Crippen LogP contribution in [0, 0.1) is 0 Å². The molecule has 0 aliphatic carbocycles. The summed E-state index contributed by atoms with van der Waals surface area (Å²) in [5.41, 5.74) is 0.245. The zero-order valence-corrected chi connectivity index (χ0v) is 7.05. The fraction of sp³-hybridized carbons (Fsp3) is 0.625. The molecule has 0 amide bonds. The van der Waals surface area contributed by atoms with Crippen LogP contribution in [-0.4, -0.2) is 24.2 Å². The SMILES string of the molecule is C=C(C(=O)O)C(CCC)NC.